The van der Waals surface area contributed by atoms with E-state index < -0.39 is 6.04 Å². The van der Waals surface area contributed by atoms with E-state index in [1.165, 1.54) is 12.1 Å². The number of hydrogen-bond donors (Lipinski definition) is 1. The van der Waals surface area contributed by atoms with Gasteiger partial charge in [0.05, 0.1) is 29.5 Å². The van der Waals surface area contributed by atoms with Crippen molar-refractivity contribution in [3.8, 4) is 0 Å². The van der Waals surface area contributed by atoms with Crippen LogP contribution in [0.4, 0.5) is 4.39 Å². The lowest BCUT2D eigenvalue weighted by atomic mass is 10.0. The number of aryl methyl sites for hydroxylation is 1. The van der Waals surface area contributed by atoms with E-state index in [0.717, 1.165) is 12.1 Å². The van der Waals surface area contributed by atoms with Gasteiger partial charge in [0.1, 0.15) is 5.82 Å². The van der Waals surface area contributed by atoms with Gasteiger partial charge in [-0.15, -0.1) is 0 Å². The van der Waals surface area contributed by atoms with E-state index in [9.17, 15) is 4.39 Å². The van der Waals surface area contributed by atoms with Gasteiger partial charge in [0, 0.05) is 6.54 Å². The maximum Gasteiger partial charge on any atom is 0.123 e. The first kappa shape index (κ1) is 15.9. The number of likely N-dealkylation sites (N-methyl/N-ethyl adjacent to an activating group) is 1. The van der Waals surface area contributed by atoms with Crippen molar-refractivity contribution in [1.29, 1.82) is 0 Å². The molecule has 1 aromatic heterocycles. The van der Waals surface area contributed by atoms with Gasteiger partial charge in [-0.3, -0.25) is 4.68 Å². The number of nitrogens with two attached hydrogens (primary N) is 1. The molecule has 0 aliphatic carbocycles. The molecule has 2 aromatic rings. The molecule has 0 radical (unpaired) electrons. The molecule has 0 fully saturated rings. The molecule has 114 valence electrons. The Balaban J connectivity index is 2.33. The molecule has 21 heavy (non-hydrogen) atoms. The van der Waals surface area contributed by atoms with Crippen molar-refractivity contribution < 1.29 is 4.39 Å². The number of halogens is 2. The predicted molar refractivity (Wildman–Crippen MR) is 83.0 cm³/mol. The predicted octanol–water partition coefficient (Wildman–Crippen LogP) is 2.59. The molecule has 0 saturated carbocycles. The summed E-state index contributed by atoms with van der Waals surface area (Å²) in [6.07, 6.45) is 1.58. The van der Waals surface area contributed by atoms with Gasteiger partial charge in [0.15, 0.2) is 0 Å². The van der Waals surface area contributed by atoms with E-state index in [1.54, 1.807) is 10.9 Å². The second kappa shape index (κ2) is 6.56. The maximum absolute atomic E-state index is 13.6. The molecule has 0 saturated heterocycles. The molecule has 6 heteroatoms. The van der Waals surface area contributed by atoms with Crippen molar-refractivity contribution >= 4 is 11.6 Å². The van der Waals surface area contributed by atoms with Gasteiger partial charge in [0.2, 0.25) is 0 Å². The fraction of sp³-hybridized carbons (Fsp3) is 0.400. The Bertz CT molecular complexity index is 604. The lowest BCUT2D eigenvalue weighted by Crippen LogP contribution is -2.23. The van der Waals surface area contributed by atoms with Crippen molar-refractivity contribution in [3.05, 3.63) is 52.1 Å². The summed E-state index contributed by atoms with van der Waals surface area (Å²) in [5.74, 6) is -0.295. The first-order valence-corrected chi connectivity index (χ1v) is 7.15. The average Bonchev–Trinajstić information content (AvgIpc) is 2.75. The van der Waals surface area contributed by atoms with Crippen LogP contribution in [-0.2, 0) is 6.54 Å². The third-order valence-electron chi connectivity index (χ3n) is 3.31. The number of benzene rings is 1. The highest BCUT2D eigenvalue weighted by molar-refractivity contribution is 6.31. The van der Waals surface area contributed by atoms with Crippen LogP contribution in [0.5, 0.6) is 0 Å². The number of nitrogens with zero attached hydrogens (tertiary/aromatic N) is 3. The minimum atomic E-state index is -0.503. The van der Waals surface area contributed by atoms with Crippen LogP contribution in [0.3, 0.4) is 0 Å². The zero-order valence-corrected chi connectivity index (χ0v) is 13.2. The highest BCUT2D eigenvalue weighted by Crippen LogP contribution is 2.27. The van der Waals surface area contributed by atoms with Crippen molar-refractivity contribution in [2.45, 2.75) is 19.5 Å². The third-order valence-corrected chi connectivity index (χ3v) is 3.60. The van der Waals surface area contributed by atoms with Gasteiger partial charge in [-0.05, 0) is 44.3 Å². The Labute approximate surface area is 129 Å². The Morgan fingerprint density at radius 1 is 1.38 bits per heavy atom. The van der Waals surface area contributed by atoms with Crippen LogP contribution in [0, 0.1) is 12.7 Å². The maximum atomic E-state index is 13.6. The third kappa shape index (κ3) is 3.81. The van der Waals surface area contributed by atoms with Crippen molar-refractivity contribution in [2.24, 2.45) is 5.73 Å². The Kier molecular flexibility index (Phi) is 4.98. The quantitative estimate of drug-likeness (QED) is 0.923. The SMILES string of the molecule is Cc1cc(F)cc(C(N)c2c(Cl)cnn2CCN(C)C)c1. The van der Waals surface area contributed by atoms with Gasteiger partial charge in [0.25, 0.3) is 0 Å². The van der Waals surface area contributed by atoms with E-state index >= 15 is 0 Å². The molecule has 0 aliphatic rings. The normalized spacial score (nSPS) is 12.9. The smallest absolute Gasteiger partial charge is 0.123 e. The van der Waals surface area contributed by atoms with Crippen LogP contribution in [0.15, 0.2) is 24.4 Å². The fourth-order valence-corrected chi connectivity index (χ4v) is 2.51. The van der Waals surface area contributed by atoms with Crippen molar-refractivity contribution in [2.75, 3.05) is 20.6 Å². The van der Waals surface area contributed by atoms with E-state index in [1.807, 2.05) is 27.1 Å². The molecule has 0 amide bonds. The lowest BCUT2D eigenvalue weighted by Gasteiger charge is -2.17. The first-order chi connectivity index (χ1) is 9.88. The van der Waals surface area contributed by atoms with Crippen LogP contribution in [0.2, 0.25) is 5.02 Å². The summed E-state index contributed by atoms with van der Waals surface area (Å²) < 4.78 is 15.4. The molecule has 1 aromatic carbocycles. The van der Waals surface area contributed by atoms with Crippen LogP contribution in [-0.4, -0.2) is 35.3 Å². The molecule has 0 bridgehead atoms. The first-order valence-electron chi connectivity index (χ1n) is 6.77. The molecule has 2 rings (SSSR count). The lowest BCUT2D eigenvalue weighted by molar-refractivity contribution is 0.368. The monoisotopic (exact) mass is 310 g/mol. The Morgan fingerprint density at radius 3 is 2.71 bits per heavy atom. The van der Waals surface area contributed by atoms with Gasteiger partial charge < -0.3 is 10.6 Å². The zero-order chi connectivity index (χ0) is 15.6. The summed E-state index contributed by atoms with van der Waals surface area (Å²) in [6, 6.07) is 4.28. The van der Waals surface area contributed by atoms with Crippen LogP contribution in [0.25, 0.3) is 0 Å². The Hall–Kier alpha value is -1.43. The zero-order valence-electron chi connectivity index (χ0n) is 12.5. The second-order valence-corrected chi connectivity index (χ2v) is 5.85. The summed E-state index contributed by atoms with van der Waals surface area (Å²) in [7, 11) is 3.97. The van der Waals surface area contributed by atoms with E-state index in [0.29, 0.717) is 22.8 Å². The molecule has 1 unspecified atom stereocenters. The summed E-state index contributed by atoms with van der Waals surface area (Å²) >= 11 is 6.21. The van der Waals surface area contributed by atoms with Crippen LogP contribution in [0.1, 0.15) is 22.9 Å². The van der Waals surface area contributed by atoms with E-state index in [-0.39, 0.29) is 5.82 Å². The highest BCUT2D eigenvalue weighted by Gasteiger charge is 2.19. The molecule has 0 aliphatic heterocycles. The molecule has 0 spiro atoms. The summed E-state index contributed by atoms with van der Waals surface area (Å²) in [6.45, 7) is 3.33. The van der Waals surface area contributed by atoms with Gasteiger partial charge in [-0.2, -0.15) is 5.10 Å². The number of rotatable bonds is 5. The number of aromatic nitrogens is 2. The topological polar surface area (TPSA) is 47.1 Å². The van der Waals surface area contributed by atoms with Gasteiger partial charge >= 0.3 is 0 Å². The van der Waals surface area contributed by atoms with Crippen LogP contribution >= 0.6 is 11.6 Å². The van der Waals surface area contributed by atoms with Gasteiger partial charge in [-0.1, -0.05) is 17.7 Å². The second-order valence-electron chi connectivity index (χ2n) is 5.44. The summed E-state index contributed by atoms with van der Waals surface area (Å²) in [4.78, 5) is 2.05. The molecular weight excluding hydrogens is 291 g/mol. The highest BCUT2D eigenvalue weighted by atomic mass is 35.5. The minimum Gasteiger partial charge on any atom is -0.319 e. The minimum absolute atomic E-state index is 0.295. The average molecular weight is 311 g/mol. The van der Waals surface area contributed by atoms with Crippen molar-refractivity contribution in [3.63, 3.8) is 0 Å². The largest absolute Gasteiger partial charge is 0.319 e. The van der Waals surface area contributed by atoms with E-state index in [2.05, 4.69) is 10.00 Å². The number of hydrogen-bond acceptors (Lipinski definition) is 3. The fourth-order valence-electron chi connectivity index (χ4n) is 2.26. The Morgan fingerprint density at radius 2 is 2.10 bits per heavy atom. The molecular formula is C15H20ClFN4. The molecule has 1 atom stereocenters. The van der Waals surface area contributed by atoms with Crippen LogP contribution < -0.4 is 5.73 Å². The summed E-state index contributed by atoms with van der Waals surface area (Å²) in [5, 5.41) is 4.77. The standard InChI is InChI=1S/C15H20ClFN4/c1-10-6-11(8-12(17)7-10)14(18)15-13(16)9-19-21(15)5-4-20(2)3/h6-9,14H,4-5,18H2,1-3H3. The van der Waals surface area contributed by atoms with E-state index in [4.69, 9.17) is 17.3 Å². The van der Waals surface area contributed by atoms with Crippen molar-refractivity contribution in [1.82, 2.24) is 14.7 Å². The summed E-state index contributed by atoms with van der Waals surface area (Å²) in [5.41, 5.74) is 8.52. The molecule has 1 heterocycles. The molecule has 4 nitrogen and oxygen atoms in total. The molecule has 2 N–H and O–H groups in total. The van der Waals surface area contributed by atoms with Gasteiger partial charge in [-0.25, -0.2) is 4.39 Å².